The Hall–Kier alpha value is -3.29. The van der Waals surface area contributed by atoms with Gasteiger partial charge in [-0.2, -0.15) is 5.10 Å². The number of imide groups is 1. The van der Waals surface area contributed by atoms with Gasteiger partial charge in [0.05, 0.1) is 16.8 Å². The number of aryl methyl sites for hydroxylation is 1. The van der Waals surface area contributed by atoms with E-state index >= 15 is 0 Å². The fourth-order valence-corrected chi connectivity index (χ4v) is 3.46. The van der Waals surface area contributed by atoms with Gasteiger partial charge < -0.3 is 9.64 Å². The van der Waals surface area contributed by atoms with Gasteiger partial charge in [0.1, 0.15) is 12.6 Å². The third-order valence-electron chi connectivity index (χ3n) is 5.03. The number of fused-ring (bicyclic) bond motifs is 1. The minimum atomic E-state index is -0.412. The molecule has 1 fully saturated rings. The molecule has 2 aromatic rings. The summed E-state index contributed by atoms with van der Waals surface area (Å²) in [5, 5.41) is 7.96. The fourth-order valence-electron chi connectivity index (χ4n) is 3.46. The average molecular weight is 380 g/mol. The molecule has 0 unspecified atom stereocenters. The Labute approximate surface area is 162 Å². The largest absolute Gasteiger partial charge is 0.473 e. The summed E-state index contributed by atoms with van der Waals surface area (Å²) in [6.07, 6.45) is 1.27. The van der Waals surface area contributed by atoms with Crippen molar-refractivity contribution in [1.29, 1.82) is 0 Å². The quantitative estimate of drug-likeness (QED) is 0.746. The van der Waals surface area contributed by atoms with Crippen LogP contribution < -0.4 is 4.74 Å². The first kappa shape index (κ1) is 18.1. The molecule has 2 aliphatic heterocycles. The zero-order valence-corrected chi connectivity index (χ0v) is 15.5. The molecule has 8 heteroatoms. The van der Waals surface area contributed by atoms with Gasteiger partial charge in [0.25, 0.3) is 11.8 Å². The van der Waals surface area contributed by atoms with Gasteiger partial charge in [-0.1, -0.05) is 12.1 Å². The number of hydrogen-bond donors (Lipinski definition) is 0. The number of carbonyl (C=O) groups is 3. The highest BCUT2D eigenvalue weighted by molar-refractivity contribution is 6.22. The summed E-state index contributed by atoms with van der Waals surface area (Å²) < 4.78 is 5.82. The molecule has 0 atom stereocenters. The van der Waals surface area contributed by atoms with E-state index in [0.29, 0.717) is 42.9 Å². The molecule has 0 saturated carbocycles. The van der Waals surface area contributed by atoms with E-state index in [-0.39, 0.29) is 18.6 Å². The van der Waals surface area contributed by atoms with Crippen LogP contribution in [0.25, 0.3) is 0 Å². The van der Waals surface area contributed by atoms with Crippen molar-refractivity contribution in [2.75, 3.05) is 19.6 Å². The summed E-state index contributed by atoms with van der Waals surface area (Å²) in [6, 6.07) is 10.2. The van der Waals surface area contributed by atoms with Crippen molar-refractivity contribution in [3.8, 4) is 5.88 Å². The van der Waals surface area contributed by atoms with Gasteiger partial charge in [-0.25, -0.2) is 0 Å². The number of hydrogen-bond acceptors (Lipinski definition) is 6. The summed E-state index contributed by atoms with van der Waals surface area (Å²) in [5.41, 5.74) is 1.53. The molecule has 0 N–H and O–H groups in total. The van der Waals surface area contributed by atoms with Gasteiger partial charge in [-0.3, -0.25) is 19.3 Å². The van der Waals surface area contributed by atoms with Crippen molar-refractivity contribution in [2.24, 2.45) is 0 Å². The molecule has 3 heterocycles. The number of likely N-dealkylation sites (tertiary alicyclic amines) is 1. The van der Waals surface area contributed by atoms with Crippen molar-refractivity contribution in [3.63, 3.8) is 0 Å². The topological polar surface area (TPSA) is 92.7 Å². The van der Waals surface area contributed by atoms with E-state index in [9.17, 15) is 14.4 Å². The Morgan fingerprint density at radius 1 is 1.04 bits per heavy atom. The normalized spacial score (nSPS) is 17.0. The summed E-state index contributed by atoms with van der Waals surface area (Å²) in [6.45, 7) is 2.63. The van der Waals surface area contributed by atoms with Gasteiger partial charge in [0, 0.05) is 32.0 Å². The van der Waals surface area contributed by atoms with Crippen LogP contribution in [0.1, 0.15) is 39.3 Å². The van der Waals surface area contributed by atoms with E-state index in [0.717, 1.165) is 10.6 Å². The Morgan fingerprint density at radius 2 is 1.68 bits per heavy atom. The van der Waals surface area contributed by atoms with Crippen LogP contribution in [0.2, 0.25) is 0 Å². The molecule has 1 aromatic carbocycles. The lowest BCUT2D eigenvalue weighted by Gasteiger charge is -2.32. The summed E-state index contributed by atoms with van der Waals surface area (Å²) in [5.74, 6) is -0.584. The van der Waals surface area contributed by atoms with Crippen LogP contribution in [0.5, 0.6) is 5.88 Å². The lowest BCUT2D eigenvalue weighted by atomic mass is 10.1. The molecule has 8 nitrogen and oxygen atoms in total. The molecule has 144 valence electrons. The first-order chi connectivity index (χ1) is 13.5. The van der Waals surface area contributed by atoms with Crippen molar-refractivity contribution in [3.05, 3.63) is 53.2 Å². The standard InChI is InChI=1S/C20H20N4O4/c1-13-6-7-17(22-21-13)28-14-8-10-23(11-9-14)18(25)12-24-19(26)15-4-2-3-5-16(15)20(24)27/h2-7,14H,8-12H2,1H3. The molecule has 1 saturated heterocycles. The average Bonchev–Trinajstić information content (AvgIpc) is 2.95. The molecule has 4 rings (SSSR count). The number of piperidine rings is 1. The van der Waals surface area contributed by atoms with Crippen molar-refractivity contribution >= 4 is 17.7 Å². The first-order valence-electron chi connectivity index (χ1n) is 9.23. The molecular weight excluding hydrogens is 360 g/mol. The number of benzene rings is 1. The molecular formula is C20H20N4O4. The maximum Gasteiger partial charge on any atom is 0.262 e. The zero-order chi connectivity index (χ0) is 19.7. The predicted octanol–water partition coefficient (Wildman–Crippen LogP) is 1.45. The highest BCUT2D eigenvalue weighted by atomic mass is 16.5. The molecule has 0 bridgehead atoms. The molecule has 0 aliphatic carbocycles. The van der Waals surface area contributed by atoms with Gasteiger partial charge >= 0.3 is 0 Å². The summed E-state index contributed by atoms with van der Waals surface area (Å²) >= 11 is 0. The van der Waals surface area contributed by atoms with E-state index < -0.39 is 11.8 Å². The minimum absolute atomic E-state index is 0.0413. The Morgan fingerprint density at radius 3 is 2.25 bits per heavy atom. The van der Waals surface area contributed by atoms with Crippen LogP contribution >= 0.6 is 0 Å². The highest BCUT2D eigenvalue weighted by Crippen LogP contribution is 2.23. The van der Waals surface area contributed by atoms with E-state index in [1.54, 1.807) is 35.2 Å². The molecule has 0 radical (unpaired) electrons. The number of nitrogens with zero attached hydrogens (tertiary/aromatic N) is 4. The Kier molecular flexibility index (Phi) is 4.77. The number of amides is 3. The van der Waals surface area contributed by atoms with Gasteiger partial charge in [-0.15, -0.1) is 5.10 Å². The Bertz CT molecular complexity index is 885. The van der Waals surface area contributed by atoms with Crippen molar-refractivity contribution in [2.45, 2.75) is 25.9 Å². The Balaban J connectivity index is 1.32. The van der Waals surface area contributed by atoms with Crippen LogP contribution in [0, 0.1) is 6.92 Å². The van der Waals surface area contributed by atoms with E-state index in [1.165, 1.54) is 0 Å². The molecule has 28 heavy (non-hydrogen) atoms. The fraction of sp³-hybridized carbons (Fsp3) is 0.350. The first-order valence-corrected chi connectivity index (χ1v) is 9.23. The zero-order valence-electron chi connectivity index (χ0n) is 15.5. The molecule has 3 amide bonds. The monoisotopic (exact) mass is 380 g/mol. The molecule has 0 spiro atoms. The number of aromatic nitrogens is 2. The van der Waals surface area contributed by atoms with Crippen LogP contribution in [0.4, 0.5) is 0 Å². The summed E-state index contributed by atoms with van der Waals surface area (Å²) in [7, 11) is 0. The second-order valence-electron chi connectivity index (χ2n) is 6.95. The number of carbonyl (C=O) groups excluding carboxylic acids is 3. The minimum Gasteiger partial charge on any atom is -0.473 e. The smallest absolute Gasteiger partial charge is 0.262 e. The van der Waals surface area contributed by atoms with Crippen molar-refractivity contribution < 1.29 is 19.1 Å². The van der Waals surface area contributed by atoms with E-state index in [1.807, 2.05) is 13.0 Å². The van der Waals surface area contributed by atoms with Crippen LogP contribution in [0.15, 0.2) is 36.4 Å². The second-order valence-corrected chi connectivity index (χ2v) is 6.95. The van der Waals surface area contributed by atoms with E-state index in [2.05, 4.69) is 10.2 Å². The van der Waals surface area contributed by atoms with Crippen LogP contribution in [-0.4, -0.2) is 63.5 Å². The SMILES string of the molecule is Cc1ccc(OC2CCN(C(=O)CN3C(=O)c4ccccc4C3=O)CC2)nn1. The van der Waals surface area contributed by atoms with Crippen molar-refractivity contribution in [1.82, 2.24) is 20.0 Å². The third kappa shape index (κ3) is 3.45. The van der Waals surface area contributed by atoms with E-state index in [4.69, 9.17) is 4.74 Å². The lowest BCUT2D eigenvalue weighted by Crippen LogP contribution is -2.47. The van der Waals surface area contributed by atoms with Crippen LogP contribution in [-0.2, 0) is 4.79 Å². The maximum atomic E-state index is 12.6. The van der Waals surface area contributed by atoms with Gasteiger partial charge in [0.2, 0.25) is 11.8 Å². The molecule has 2 aliphatic rings. The van der Waals surface area contributed by atoms with Gasteiger partial charge in [0.15, 0.2) is 0 Å². The third-order valence-corrected chi connectivity index (χ3v) is 5.03. The maximum absolute atomic E-state index is 12.6. The second kappa shape index (κ2) is 7.38. The number of rotatable bonds is 4. The van der Waals surface area contributed by atoms with Crippen LogP contribution in [0.3, 0.4) is 0 Å². The highest BCUT2D eigenvalue weighted by Gasteiger charge is 2.37. The van der Waals surface area contributed by atoms with Gasteiger partial charge in [-0.05, 0) is 25.1 Å². The number of ether oxygens (including phenoxy) is 1. The molecule has 1 aromatic heterocycles. The summed E-state index contributed by atoms with van der Waals surface area (Å²) in [4.78, 5) is 40.1. The lowest BCUT2D eigenvalue weighted by molar-refractivity contribution is -0.133. The predicted molar refractivity (Wildman–Crippen MR) is 98.8 cm³/mol.